The van der Waals surface area contributed by atoms with Crippen molar-refractivity contribution in [1.82, 2.24) is 4.72 Å². The molecule has 0 fully saturated rings. The SMILES string of the molecule is CC(=O)N1CC(C)(C)Oc2ccc(S(=O)(=O)NC(CO)C(=O)O)cc21. The van der Waals surface area contributed by atoms with E-state index in [1.54, 1.807) is 13.8 Å². The summed E-state index contributed by atoms with van der Waals surface area (Å²) in [6.45, 7) is 4.31. The number of carboxylic acid groups (broad SMARTS) is 1. The van der Waals surface area contributed by atoms with E-state index in [-0.39, 0.29) is 23.0 Å². The van der Waals surface area contributed by atoms with Gasteiger partial charge in [-0.05, 0) is 32.0 Å². The molecule has 0 aliphatic carbocycles. The molecule has 1 amide bonds. The van der Waals surface area contributed by atoms with Crippen LogP contribution in [0, 0.1) is 0 Å². The van der Waals surface area contributed by atoms with Gasteiger partial charge in [-0.15, -0.1) is 0 Å². The summed E-state index contributed by atoms with van der Waals surface area (Å²) >= 11 is 0. The van der Waals surface area contributed by atoms with Crippen molar-refractivity contribution < 1.29 is 33.0 Å². The fraction of sp³-hybridized carbons (Fsp3) is 0.467. The molecule has 0 radical (unpaired) electrons. The first-order valence-electron chi connectivity index (χ1n) is 7.44. The zero-order valence-electron chi connectivity index (χ0n) is 14.0. The van der Waals surface area contributed by atoms with Crippen molar-refractivity contribution >= 4 is 27.6 Å². The Kier molecular flexibility index (Phi) is 5.07. The number of aliphatic carboxylic acids is 1. The molecule has 25 heavy (non-hydrogen) atoms. The van der Waals surface area contributed by atoms with Gasteiger partial charge < -0.3 is 19.8 Å². The van der Waals surface area contributed by atoms with E-state index in [0.29, 0.717) is 5.75 Å². The molecule has 138 valence electrons. The molecule has 2 rings (SSSR count). The van der Waals surface area contributed by atoms with Gasteiger partial charge in [-0.3, -0.25) is 9.59 Å². The Hall–Kier alpha value is -2.17. The molecule has 1 unspecified atom stereocenters. The normalized spacial score (nSPS) is 17.4. The summed E-state index contributed by atoms with van der Waals surface area (Å²) in [7, 11) is -4.21. The summed E-state index contributed by atoms with van der Waals surface area (Å²) in [5, 5.41) is 17.9. The maximum Gasteiger partial charge on any atom is 0.324 e. The van der Waals surface area contributed by atoms with Crippen LogP contribution in [0.3, 0.4) is 0 Å². The summed E-state index contributed by atoms with van der Waals surface area (Å²) in [5.41, 5.74) is -0.353. The lowest BCUT2D eigenvalue weighted by Gasteiger charge is -2.39. The fourth-order valence-electron chi connectivity index (χ4n) is 2.46. The number of aliphatic hydroxyl groups excluding tert-OH is 1. The van der Waals surface area contributed by atoms with Crippen molar-refractivity contribution in [3.63, 3.8) is 0 Å². The van der Waals surface area contributed by atoms with E-state index in [9.17, 15) is 18.0 Å². The molecule has 1 aromatic rings. The summed E-state index contributed by atoms with van der Waals surface area (Å²) in [6, 6.07) is 2.23. The molecule has 1 aliphatic heterocycles. The van der Waals surface area contributed by atoms with E-state index in [1.807, 2.05) is 4.72 Å². The molecule has 9 nitrogen and oxygen atoms in total. The molecule has 0 aromatic heterocycles. The number of rotatable bonds is 5. The van der Waals surface area contributed by atoms with Gasteiger partial charge in [-0.25, -0.2) is 8.42 Å². The maximum absolute atomic E-state index is 12.4. The Morgan fingerprint density at radius 2 is 2.04 bits per heavy atom. The van der Waals surface area contributed by atoms with E-state index in [4.69, 9.17) is 14.9 Å². The fourth-order valence-corrected chi connectivity index (χ4v) is 3.66. The van der Waals surface area contributed by atoms with Crippen LogP contribution in [0.25, 0.3) is 0 Å². The first kappa shape index (κ1) is 19.2. The molecule has 1 aromatic carbocycles. The van der Waals surface area contributed by atoms with Gasteiger partial charge in [0.05, 0.1) is 23.7 Å². The lowest BCUT2D eigenvalue weighted by atomic mass is 10.1. The van der Waals surface area contributed by atoms with Crippen molar-refractivity contribution in [2.75, 3.05) is 18.1 Å². The van der Waals surface area contributed by atoms with Crippen LogP contribution in [0.2, 0.25) is 0 Å². The topological polar surface area (TPSA) is 133 Å². The maximum atomic E-state index is 12.4. The van der Waals surface area contributed by atoms with Crippen molar-refractivity contribution in [2.45, 2.75) is 37.3 Å². The lowest BCUT2D eigenvalue weighted by Crippen LogP contribution is -2.48. The van der Waals surface area contributed by atoms with E-state index < -0.39 is 34.2 Å². The van der Waals surface area contributed by atoms with Gasteiger partial charge >= 0.3 is 5.97 Å². The van der Waals surface area contributed by atoms with E-state index in [0.717, 1.165) is 0 Å². The van der Waals surface area contributed by atoms with Crippen LogP contribution in [-0.2, 0) is 19.6 Å². The Morgan fingerprint density at radius 1 is 1.40 bits per heavy atom. The molecule has 3 N–H and O–H groups in total. The van der Waals surface area contributed by atoms with Crippen LogP contribution in [0.5, 0.6) is 5.75 Å². The first-order chi connectivity index (χ1) is 11.5. The van der Waals surface area contributed by atoms with E-state index in [2.05, 4.69) is 0 Å². The molecule has 10 heteroatoms. The number of amides is 1. The van der Waals surface area contributed by atoms with Crippen LogP contribution < -0.4 is 14.4 Å². The second-order valence-corrected chi connectivity index (χ2v) is 8.01. The molecule has 1 heterocycles. The third-order valence-corrected chi connectivity index (χ3v) is 5.08. The molecule has 0 saturated heterocycles. The summed E-state index contributed by atoms with van der Waals surface area (Å²) in [5.74, 6) is -1.43. The number of carbonyl (C=O) groups excluding carboxylic acids is 1. The highest BCUT2D eigenvalue weighted by atomic mass is 32.2. The number of hydrogen-bond donors (Lipinski definition) is 3. The standard InChI is InChI=1S/C15H20N2O7S/c1-9(19)17-8-15(2,3)24-13-5-4-10(6-12(13)17)25(22,23)16-11(7-18)14(20)21/h4-6,11,16,18H,7-8H2,1-3H3,(H,20,21). The molecular formula is C15H20N2O7S. The molecule has 1 atom stereocenters. The second kappa shape index (κ2) is 6.62. The molecular weight excluding hydrogens is 352 g/mol. The number of ether oxygens (including phenoxy) is 1. The molecule has 1 aliphatic rings. The molecule has 0 spiro atoms. The number of carboxylic acids is 1. The largest absolute Gasteiger partial charge is 0.484 e. The number of anilines is 1. The number of hydrogen-bond acceptors (Lipinski definition) is 6. The lowest BCUT2D eigenvalue weighted by molar-refractivity contribution is -0.139. The van der Waals surface area contributed by atoms with Crippen molar-refractivity contribution in [3.8, 4) is 5.75 Å². The van der Waals surface area contributed by atoms with Crippen LogP contribution >= 0.6 is 0 Å². The van der Waals surface area contributed by atoms with Gasteiger partial charge in [-0.2, -0.15) is 4.72 Å². The number of aliphatic hydroxyl groups is 1. The summed E-state index contributed by atoms with van der Waals surface area (Å²) < 4.78 is 32.4. The quantitative estimate of drug-likeness (QED) is 0.659. The zero-order valence-corrected chi connectivity index (χ0v) is 14.8. The predicted molar refractivity (Wildman–Crippen MR) is 88.0 cm³/mol. The third kappa shape index (κ3) is 4.09. The highest BCUT2D eigenvalue weighted by Crippen LogP contribution is 2.38. The van der Waals surface area contributed by atoms with Gasteiger partial charge in [0.25, 0.3) is 0 Å². The summed E-state index contributed by atoms with van der Waals surface area (Å²) in [4.78, 5) is 24.0. The number of fused-ring (bicyclic) bond motifs is 1. The minimum atomic E-state index is -4.21. The zero-order chi connectivity index (χ0) is 19.0. The summed E-state index contributed by atoms with van der Waals surface area (Å²) in [6.07, 6.45) is 0. The van der Waals surface area contributed by atoms with Gasteiger partial charge in [-0.1, -0.05) is 0 Å². The Balaban J connectivity index is 2.45. The van der Waals surface area contributed by atoms with Crippen LogP contribution in [0.4, 0.5) is 5.69 Å². The average molecular weight is 372 g/mol. The number of benzene rings is 1. The number of sulfonamides is 1. The smallest absolute Gasteiger partial charge is 0.324 e. The Labute approximate surface area is 145 Å². The number of nitrogens with zero attached hydrogens (tertiary/aromatic N) is 1. The Bertz CT molecular complexity index is 804. The third-order valence-electron chi connectivity index (χ3n) is 3.61. The second-order valence-electron chi connectivity index (χ2n) is 6.29. The predicted octanol–water partition coefficient (Wildman–Crippen LogP) is -0.0657. The molecule has 0 saturated carbocycles. The van der Waals surface area contributed by atoms with Crippen molar-refractivity contribution in [1.29, 1.82) is 0 Å². The van der Waals surface area contributed by atoms with Crippen molar-refractivity contribution in [3.05, 3.63) is 18.2 Å². The van der Waals surface area contributed by atoms with Gasteiger partial charge in [0.1, 0.15) is 17.4 Å². The van der Waals surface area contributed by atoms with Crippen molar-refractivity contribution in [2.24, 2.45) is 0 Å². The van der Waals surface area contributed by atoms with Gasteiger partial charge in [0.2, 0.25) is 15.9 Å². The number of nitrogens with one attached hydrogen (secondary N) is 1. The average Bonchev–Trinajstić information content (AvgIpc) is 2.50. The van der Waals surface area contributed by atoms with Gasteiger partial charge in [0.15, 0.2) is 0 Å². The minimum Gasteiger partial charge on any atom is -0.484 e. The van der Waals surface area contributed by atoms with Crippen LogP contribution in [0.15, 0.2) is 23.1 Å². The van der Waals surface area contributed by atoms with E-state index in [1.165, 1.54) is 30.0 Å². The highest BCUT2D eigenvalue weighted by Gasteiger charge is 2.35. The minimum absolute atomic E-state index is 0.236. The van der Waals surface area contributed by atoms with Crippen LogP contribution in [0.1, 0.15) is 20.8 Å². The van der Waals surface area contributed by atoms with Crippen LogP contribution in [-0.4, -0.2) is 55.3 Å². The number of carbonyl (C=O) groups is 2. The first-order valence-corrected chi connectivity index (χ1v) is 8.92. The van der Waals surface area contributed by atoms with E-state index >= 15 is 0 Å². The molecule has 0 bridgehead atoms. The monoisotopic (exact) mass is 372 g/mol. The van der Waals surface area contributed by atoms with Gasteiger partial charge in [0, 0.05) is 6.92 Å². The Morgan fingerprint density at radius 3 is 2.56 bits per heavy atom. The highest BCUT2D eigenvalue weighted by molar-refractivity contribution is 7.89.